The van der Waals surface area contributed by atoms with Crippen LogP contribution in [-0.4, -0.2) is 5.11 Å². The Balaban J connectivity index is 2.25. The quantitative estimate of drug-likeness (QED) is 0.895. The Morgan fingerprint density at radius 1 is 1.11 bits per heavy atom. The lowest BCUT2D eigenvalue weighted by atomic mass is 10.0. The zero-order valence-corrected chi connectivity index (χ0v) is 10.2. The molecule has 0 aliphatic rings. The summed E-state index contributed by atoms with van der Waals surface area (Å²) in [5.41, 5.74) is 0.630. The molecular formula is C14H11ClF2O. The van der Waals surface area contributed by atoms with E-state index in [0.29, 0.717) is 10.6 Å². The monoisotopic (exact) mass is 268 g/mol. The predicted molar refractivity (Wildman–Crippen MR) is 66.5 cm³/mol. The maximum atomic E-state index is 13.5. The van der Waals surface area contributed by atoms with Gasteiger partial charge in [-0.1, -0.05) is 29.8 Å². The minimum absolute atomic E-state index is 0.0603. The highest BCUT2D eigenvalue weighted by Crippen LogP contribution is 2.25. The summed E-state index contributed by atoms with van der Waals surface area (Å²) < 4.78 is 26.5. The molecule has 1 N–H and O–H groups in total. The molecule has 2 aromatic rings. The molecule has 0 aromatic heterocycles. The van der Waals surface area contributed by atoms with Crippen LogP contribution in [-0.2, 0) is 6.42 Å². The van der Waals surface area contributed by atoms with Crippen molar-refractivity contribution in [3.8, 4) is 0 Å². The molecule has 94 valence electrons. The van der Waals surface area contributed by atoms with Crippen molar-refractivity contribution in [1.82, 2.24) is 0 Å². The van der Waals surface area contributed by atoms with E-state index in [1.165, 1.54) is 0 Å². The Bertz CT molecular complexity index is 557. The first-order chi connectivity index (χ1) is 8.58. The van der Waals surface area contributed by atoms with Crippen LogP contribution >= 0.6 is 11.6 Å². The van der Waals surface area contributed by atoms with Crippen LogP contribution in [0.4, 0.5) is 8.78 Å². The maximum Gasteiger partial charge on any atom is 0.129 e. The second-order valence-electron chi connectivity index (χ2n) is 3.98. The van der Waals surface area contributed by atoms with Gasteiger partial charge in [-0.2, -0.15) is 0 Å². The average molecular weight is 269 g/mol. The molecule has 4 heteroatoms. The summed E-state index contributed by atoms with van der Waals surface area (Å²) in [6.07, 6.45) is -0.986. The summed E-state index contributed by atoms with van der Waals surface area (Å²) >= 11 is 5.95. The number of halogens is 3. The van der Waals surface area contributed by atoms with Crippen molar-refractivity contribution >= 4 is 11.6 Å². The summed E-state index contributed by atoms with van der Waals surface area (Å²) in [6.45, 7) is 0. The van der Waals surface area contributed by atoms with Crippen LogP contribution in [0.5, 0.6) is 0 Å². The third-order valence-corrected chi connectivity index (χ3v) is 3.06. The van der Waals surface area contributed by atoms with Gasteiger partial charge >= 0.3 is 0 Å². The van der Waals surface area contributed by atoms with E-state index in [1.807, 2.05) is 0 Å². The lowest BCUT2D eigenvalue weighted by molar-refractivity contribution is 0.173. The van der Waals surface area contributed by atoms with E-state index in [1.54, 1.807) is 24.3 Å². The molecule has 0 aliphatic heterocycles. The lowest BCUT2D eigenvalue weighted by Gasteiger charge is -2.13. The molecule has 0 spiro atoms. The fourth-order valence-corrected chi connectivity index (χ4v) is 1.97. The van der Waals surface area contributed by atoms with Crippen molar-refractivity contribution in [1.29, 1.82) is 0 Å². The predicted octanol–water partition coefficient (Wildman–Crippen LogP) is 3.89. The molecular weight excluding hydrogens is 258 g/mol. The van der Waals surface area contributed by atoms with E-state index >= 15 is 0 Å². The molecule has 2 aromatic carbocycles. The summed E-state index contributed by atoms with van der Waals surface area (Å²) in [5.74, 6) is -1.21. The Kier molecular flexibility index (Phi) is 3.94. The number of rotatable bonds is 3. The molecule has 1 unspecified atom stereocenters. The molecule has 0 saturated heterocycles. The van der Waals surface area contributed by atoms with Gasteiger partial charge in [-0.25, -0.2) is 8.78 Å². The lowest BCUT2D eigenvalue weighted by Crippen LogP contribution is -2.05. The number of aliphatic hydroxyl groups is 1. The van der Waals surface area contributed by atoms with Gasteiger partial charge in [0.2, 0.25) is 0 Å². The molecule has 18 heavy (non-hydrogen) atoms. The smallest absolute Gasteiger partial charge is 0.129 e. The minimum atomic E-state index is -1.12. The van der Waals surface area contributed by atoms with E-state index in [4.69, 9.17) is 11.6 Å². The normalized spacial score (nSPS) is 12.4. The number of hydrogen-bond donors (Lipinski definition) is 1. The van der Waals surface area contributed by atoms with Crippen molar-refractivity contribution in [2.75, 3.05) is 0 Å². The zero-order valence-electron chi connectivity index (χ0n) is 9.41. The third-order valence-electron chi connectivity index (χ3n) is 2.69. The van der Waals surface area contributed by atoms with Crippen molar-refractivity contribution < 1.29 is 13.9 Å². The summed E-state index contributed by atoms with van der Waals surface area (Å²) in [6, 6.07) is 9.98. The Labute approximate surface area is 109 Å². The SMILES string of the molecule is OC(Cc1ccccc1Cl)c1cc(F)ccc1F. The van der Waals surface area contributed by atoms with Gasteiger partial charge in [0.05, 0.1) is 6.10 Å². The fraction of sp³-hybridized carbons (Fsp3) is 0.143. The summed E-state index contributed by atoms with van der Waals surface area (Å²) in [7, 11) is 0. The van der Waals surface area contributed by atoms with Crippen molar-refractivity contribution in [2.45, 2.75) is 12.5 Å². The van der Waals surface area contributed by atoms with Gasteiger partial charge < -0.3 is 5.11 Å². The van der Waals surface area contributed by atoms with Gasteiger partial charge in [0, 0.05) is 17.0 Å². The Morgan fingerprint density at radius 2 is 1.83 bits per heavy atom. The van der Waals surface area contributed by atoms with Crippen LogP contribution in [0.3, 0.4) is 0 Å². The van der Waals surface area contributed by atoms with E-state index in [-0.39, 0.29) is 12.0 Å². The maximum absolute atomic E-state index is 13.5. The van der Waals surface area contributed by atoms with Crippen LogP contribution in [0.1, 0.15) is 17.2 Å². The topological polar surface area (TPSA) is 20.2 Å². The Hall–Kier alpha value is -1.45. The molecule has 0 saturated carbocycles. The van der Waals surface area contributed by atoms with Crippen molar-refractivity contribution in [3.63, 3.8) is 0 Å². The standard InChI is InChI=1S/C14H11ClF2O/c15-12-4-2-1-3-9(12)7-14(18)11-8-10(16)5-6-13(11)17/h1-6,8,14,18H,7H2. The van der Waals surface area contributed by atoms with Gasteiger partial charge in [-0.05, 0) is 29.8 Å². The van der Waals surface area contributed by atoms with Crippen molar-refractivity contribution in [3.05, 3.63) is 70.2 Å². The summed E-state index contributed by atoms with van der Waals surface area (Å²) in [5, 5.41) is 10.4. The fourth-order valence-electron chi connectivity index (χ4n) is 1.75. The zero-order chi connectivity index (χ0) is 13.1. The molecule has 1 atom stereocenters. The largest absolute Gasteiger partial charge is 0.388 e. The van der Waals surface area contributed by atoms with Crippen LogP contribution in [0.25, 0.3) is 0 Å². The number of benzene rings is 2. The van der Waals surface area contributed by atoms with Gasteiger partial charge in [-0.3, -0.25) is 0 Å². The van der Waals surface area contributed by atoms with Crippen LogP contribution in [0.2, 0.25) is 5.02 Å². The molecule has 0 heterocycles. The van der Waals surface area contributed by atoms with E-state index in [2.05, 4.69) is 0 Å². The number of hydrogen-bond acceptors (Lipinski definition) is 1. The highest BCUT2D eigenvalue weighted by atomic mass is 35.5. The molecule has 0 radical (unpaired) electrons. The van der Waals surface area contributed by atoms with Crippen LogP contribution < -0.4 is 0 Å². The van der Waals surface area contributed by atoms with Crippen LogP contribution in [0, 0.1) is 11.6 Å². The number of aliphatic hydroxyl groups excluding tert-OH is 1. The molecule has 0 fully saturated rings. The van der Waals surface area contributed by atoms with E-state index < -0.39 is 17.7 Å². The van der Waals surface area contributed by atoms with Gasteiger partial charge in [0.25, 0.3) is 0 Å². The van der Waals surface area contributed by atoms with E-state index in [9.17, 15) is 13.9 Å². The minimum Gasteiger partial charge on any atom is -0.388 e. The first-order valence-electron chi connectivity index (χ1n) is 5.44. The highest BCUT2D eigenvalue weighted by Gasteiger charge is 2.15. The molecule has 0 aliphatic carbocycles. The van der Waals surface area contributed by atoms with Gasteiger partial charge in [0.15, 0.2) is 0 Å². The first kappa shape index (κ1) is 13.0. The molecule has 0 amide bonds. The summed E-state index contributed by atoms with van der Waals surface area (Å²) in [4.78, 5) is 0. The molecule has 2 rings (SSSR count). The first-order valence-corrected chi connectivity index (χ1v) is 5.82. The second-order valence-corrected chi connectivity index (χ2v) is 4.38. The third kappa shape index (κ3) is 2.86. The average Bonchev–Trinajstić information content (AvgIpc) is 2.35. The van der Waals surface area contributed by atoms with Crippen LogP contribution in [0.15, 0.2) is 42.5 Å². The second kappa shape index (κ2) is 5.46. The van der Waals surface area contributed by atoms with Crippen molar-refractivity contribution in [2.24, 2.45) is 0 Å². The molecule has 0 bridgehead atoms. The van der Waals surface area contributed by atoms with E-state index in [0.717, 1.165) is 18.2 Å². The molecule has 1 nitrogen and oxygen atoms in total. The highest BCUT2D eigenvalue weighted by molar-refractivity contribution is 6.31. The Morgan fingerprint density at radius 3 is 2.56 bits per heavy atom. The van der Waals surface area contributed by atoms with Gasteiger partial charge in [0.1, 0.15) is 11.6 Å². The van der Waals surface area contributed by atoms with Gasteiger partial charge in [-0.15, -0.1) is 0 Å².